The highest BCUT2D eigenvalue weighted by Gasteiger charge is 2.39. The molecule has 1 rings (SSSR count). The Morgan fingerprint density at radius 2 is 1.39 bits per heavy atom. The van der Waals surface area contributed by atoms with Crippen LogP contribution in [0.25, 0.3) is 0 Å². The second-order valence-corrected chi connectivity index (χ2v) is 5.62. The van der Waals surface area contributed by atoms with Gasteiger partial charge in [0.15, 0.2) is 0 Å². The van der Waals surface area contributed by atoms with Gasteiger partial charge in [-0.25, -0.2) is 4.98 Å². The van der Waals surface area contributed by atoms with Crippen molar-refractivity contribution in [1.82, 2.24) is 4.98 Å². The largest absolute Gasteiger partial charge is 0.433 e. The maximum absolute atomic E-state index is 12.8. The van der Waals surface area contributed by atoms with E-state index < -0.39 is 23.7 Å². The number of hydrogen-bond acceptors (Lipinski definition) is 1. The number of alkyl halides is 6. The van der Waals surface area contributed by atoms with E-state index in [0.29, 0.717) is 12.8 Å². The van der Waals surface area contributed by atoms with Gasteiger partial charge in [-0.3, -0.25) is 0 Å². The van der Waals surface area contributed by atoms with E-state index in [9.17, 15) is 26.3 Å². The van der Waals surface area contributed by atoms with Crippen molar-refractivity contribution in [3.05, 3.63) is 29.1 Å². The molecule has 0 saturated carbocycles. The van der Waals surface area contributed by atoms with Crippen LogP contribution >= 0.6 is 0 Å². The van der Waals surface area contributed by atoms with E-state index in [1.54, 1.807) is 6.92 Å². The third-order valence-corrected chi connectivity index (χ3v) is 3.80. The maximum Gasteiger partial charge on any atom is 0.433 e. The molecule has 0 N–H and O–H groups in total. The normalized spacial score (nSPS) is 14.1. The van der Waals surface area contributed by atoms with Crippen LogP contribution in [0.2, 0.25) is 0 Å². The van der Waals surface area contributed by atoms with Gasteiger partial charge >= 0.3 is 12.4 Å². The molecule has 0 aliphatic rings. The monoisotopic (exact) mass is 341 g/mol. The van der Waals surface area contributed by atoms with Gasteiger partial charge in [0, 0.05) is 0 Å². The average molecular weight is 341 g/mol. The van der Waals surface area contributed by atoms with Gasteiger partial charge in [-0.15, -0.1) is 0 Å². The van der Waals surface area contributed by atoms with Crippen LogP contribution in [0.4, 0.5) is 26.3 Å². The zero-order valence-electron chi connectivity index (χ0n) is 13.2. The molecule has 0 spiro atoms. The van der Waals surface area contributed by atoms with Crippen LogP contribution in [-0.2, 0) is 12.4 Å². The zero-order valence-corrected chi connectivity index (χ0v) is 13.2. The lowest BCUT2D eigenvalue weighted by Gasteiger charge is -2.19. The fourth-order valence-electron chi connectivity index (χ4n) is 2.50. The van der Waals surface area contributed by atoms with Crippen molar-refractivity contribution in [2.75, 3.05) is 0 Å². The highest BCUT2D eigenvalue weighted by atomic mass is 19.4. The Kier molecular flexibility index (Phi) is 6.89. The van der Waals surface area contributed by atoms with Crippen LogP contribution in [0.15, 0.2) is 12.1 Å². The van der Waals surface area contributed by atoms with Crippen molar-refractivity contribution in [2.24, 2.45) is 0 Å². The third-order valence-electron chi connectivity index (χ3n) is 3.80. The minimum absolute atomic E-state index is 0.0682. The summed E-state index contributed by atoms with van der Waals surface area (Å²) in [6.45, 7) is 3.80. The highest BCUT2D eigenvalue weighted by Crippen LogP contribution is 2.37. The summed E-state index contributed by atoms with van der Waals surface area (Å²) in [4.78, 5) is 2.75. The molecular formula is C16H21F6N. The summed E-state index contributed by atoms with van der Waals surface area (Å²) >= 11 is 0. The maximum atomic E-state index is 12.8. The summed E-state index contributed by atoms with van der Waals surface area (Å²) in [5.41, 5.74) is -2.89. The molecule has 0 aliphatic carbocycles. The van der Waals surface area contributed by atoms with Crippen molar-refractivity contribution in [3.63, 3.8) is 0 Å². The molecule has 23 heavy (non-hydrogen) atoms. The van der Waals surface area contributed by atoms with E-state index in [0.717, 1.165) is 37.8 Å². The number of nitrogens with zero attached hydrogens (tertiary/aromatic N) is 1. The Balaban J connectivity index is 3.11. The van der Waals surface area contributed by atoms with E-state index in [1.807, 2.05) is 6.92 Å². The van der Waals surface area contributed by atoms with Crippen molar-refractivity contribution >= 4 is 0 Å². The van der Waals surface area contributed by atoms with Gasteiger partial charge in [0.2, 0.25) is 0 Å². The molecular weight excluding hydrogens is 320 g/mol. The minimum atomic E-state index is -4.89. The van der Waals surface area contributed by atoms with E-state index in [2.05, 4.69) is 4.98 Å². The molecule has 0 radical (unpaired) electrons. The Morgan fingerprint density at radius 1 is 0.870 bits per heavy atom. The first-order chi connectivity index (χ1) is 10.6. The fourth-order valence-corrected chi connectivity index (χ4v) is 2.50. The lowest BCUT2D eigenvalue weighted by Crippen LogP contribution is -2.16. The zero-order chi connectivity index (χ0) is 17.7. The number of rotatable bonds is 7. The summed E-state index contributed by atoms with van der Waals surface area (Å²) in [5, 5.41) is 0. The van der Waals surface area contributed by atoms with E-state index in [4.69, 9.17) is 0 Å². The molecule has 1 heterocycles. The molecule has 1 aromatic heterocycles. The van der Waals surface area contributed by atoms with Crippen molar-refractivity contribution in [1.29, 1.82) is 0 Å². The molecule has 0 amide bonds. The Labute approximate surface area is 132 Å². The Hall–Kier alpha value is -1.27. The number of hydrogen-bond donors (Lipinski definition) is 0. The molecule has 132 valence electrons. The summed E-state index contributed by atoms with van der Waals surface area (Å²) in [5.74, 6) is -0.322. The lowest BCUT2D eigenvalue weighted by atomic mass is 9.90. The molecule has 7 heteroatoms. The average Bonchev–Trinajstić information content (AvgIpc) is 2.45. The fraction of sp³-hybridized carbons (Fsp3) is 0.688. The molecule has 1 atom stereocenters. The second kappa shape index (κ2) is 8.02. The van der Waals surface area contributed by atoms with E-state index in [1.165, 1.54) is 0 Å². The molecule has 0 aliphatic heterocycles. The van der Waals surface area contributed by atoms with E-state index in [-0.39, 0.29) is 11.5 Å². The third kappa shape index (κ3) is 6.03. The first kappa shape index (κ1) is 19.8. The van der Waals surface area contributed by atoms with Crippen LogP contribution in [0.3, 0.4) is 0 Å². The smallest absolute Gasteiger partial charge is 0.239 e. The number of unbranched alkanes of at least 4 members (excludes halogenated alkanes) is 3. The number of aromatic nitrogens is 1. The highest BCUT2D eigenvalue weighted by molar-refractivity contribution is 5.27. The van der Waals surface area contributed by atoms with Crippen molar-refractivity contribution in [2.45, 2.75) is 70.6 Å². The molecule has 0 aromatic carbocycles. The van der Waals surface area contributed by atoms with Crippen LogP contribution in [0.1, 0.15) is 75.2 Å². The summed E-state index contributed by atoms with van der Waals surface area (Å²) < 4.78 is 77.0. The molecule has 1 unspecified atom stereocenters. The van der Waals surface area contributed by atoms with Crippen molar-refractivity contribution < 1.29 is 26.3 Å². The summed E-state index contributed by atoms with van der Waals surface area (Å²) in [7, 11) is 0. The van der Waals surface area contributed by atoms with Crippen LogP contribution in [0.5, 0.6) is 0 Å². The quantitative estimate of drug-likeness (QED) is 0.403. The molecule has 1 aromatic rings. The van der Waals surface area contributed by atoms with Gasteiger partial charge in [0.25, 0.3) is 0 Å². The Bertz CT molecular complexity index is 460. The van der Waals surface area contributed by atoms with Gasteiger partial charge < -0.3 is 0 Å². The van der Waals surface area contributed by atoms with Gasteiger partial charge in [-0.05, 0) is 36.5 Å². The summed E-state index contributed by atoms with van der Waals surface area (Å²) in [6, 6.07) is 1.51. The molecule has 0 fully saturated rings. The minimum Gasteiger partial charge on any atom is -0.239 e. The van der Waals surface area contributed by atoms with Crippen LogP contribution in [0, 0.1) is 0 Å². The van der Waals surface area contributed by atoms with E-state index >= 15 is 0 Å². The van der Waals surface area contributed by atoms with Crippen LogP contribution in [-0.4, -0.2) is 4.98 Å². The Morgan fingerprint density at radius 3 is 1.78 bits per heavy atom. The lowest BCUT2D eigenvalue weighted by molar-refractivity contribution is -0.150. The molecule has 0 saturated heterocycles. The SMILES string of the molecule is CCCCCCC(CC)c1cc(C(F)(F)F)nc(C(F)(F)F)c1. The molecule has 1 nitrogen and oxygen atoms in total. The molecule has 0 bridgehead atoms. The van der Waals surface area contributed by atoms with Gasteiger partial charge in [0.1, 0.15) is 11.4 Å². The van der Waals surface area contributed by atoms with Gasteiger partial charge in [-0.1, -0.05) is 39.5 Å². The number of pyridine rings is 1. The van der Waals surface area contributed by atoms with Crippen molar-refractivity contribution in [3.8, 4) is 0 Å². The predicted octanol–water partition coefficient (Wildman–Crippen LogP) is 6.58. The standard InChI is InChI=1S/C16H21F6N/c1-3-5-6-7-8-11(4-2)12-9-13(15(17,18)19)23-14(10-12)16(20,21)22/h9-11H,3-8H2,1-2H3. The van der Waals surface area contributed by atoms with Gasteiger partial charge in [0.05, 0.1) is 0 Å². The second-order valence-electron chi connectivity index (χ2n) is 5.62. The predicted molar refractivity (Wildman–Crippen MR) is 76.0 cm³/mol. The topological polar surface area (TPSA) is 12.9 Å². The first-order valence-corrected chi connectivity index (χ1v) is 7.76. The van der Waals surface area contributed by atoms with Crippen LogP contribution < -0.4 is 0 Å². The number of halogens is 6. The first-order valence-electron chi connectivity index (χ1n) is 7.76. The summed E-state index contributed by atoms with van der Waals surface area (Å²) in [6.07, 6.45) is -4.97. The van der Waals surface area contributed by atoms with Gasteiger partial charge in [-0.2, -0.15) is 26.3 Å².